The average molecular weight is 269 g/mol. The van der Waals surface area contributed by atoms with Crippen molar-refractivity contribution in [2.45, 2.75) is 0 Å². The number of amides is 2. The third-order valence-corrected chi connectivity index (χ3v) is 2.94. The van der Waals surface area contributed by atoms with E-state index in [9.17, 15) is 9.59 Å². The second-order valence-corrected chi connectivity index (χ2v) is 4.31. The van der Waals surface area contributed by atoms with Gasteiger partial charge in [0, 0.05) is 18.7 Å². The number of rotatable bonds is 2. The summed E-state index contributed by atoms with van der Waals surface area (Å²) >= 11 is 0. The molecule has 0 N–H and O–H groups in total. The molecule has 0 unspecified atom stereocenters. The van der Waals surface area contributed by atoms with Crippen LogP contribution in [0.5, 0.6) is 0 Å². The molecule has 1 aromatic heterocycles. The summed E-state index contributed by atoms with van der Waals surface area (Å²) in [5.74, 6) is 0.622. The molecule has 0 saturated carbocycles. The number of carbonyl (C=O) groups is 2. The van der Waals surface area contributed by atoms with Gasteiger partial charge in [0.15, 0.2) is 0 Å². The van der Waals surface area contributed by atoms with E-state index >= 15 is 0 Å². The first-order valence-corrected chi connectivity index (χ1v) is 6.02. The minimum absolute atomic E-state index is 0.0357. The van der Waals surface area contributed by atoms with Gasteiger partial charge in [-0.25, -0.2) is 9.69 Å². The first kappa shape index (κ1) is 12.2. The number of ether oxygens (including phenoxy) is 1. The second-order valence-electron chi connectivity index (χ2n) is 4.31. The van der Waals surface area contributed by atoms with Crippen LogP contribution < -0.4 is 0 Å². The molecule has 3 rings (SSSR count). The third-order valence-electron chi connectivity index (χ3n) is 2.94. The van der Waals surface area contributed by atoms with Gasteiger partial charge in [0.25, 0.3) is 5.91 Å². The normalized spacial score (nSPS) is 16.9. The van der Waals surface area contributed by atoms with Gasteiger partial charge in [-0.15, -0.1) is 0 Å². The quantitative estimate of drug-likeness (QED) is 0.786. The number of cyclic esters (lactones) is 1. The summed E-state index contributed by atoms with van der Waals surface area (Å²) in [5.41, 5.74) is 0.934. The van der Waals surface area contributed by atoms with Crippen LogP contribution in [0.1, 0.15) is 5.76 Å². The Morgan fingerprint density at radius 1 is 1.05 bits per heavy atom. The van der Waals surface area contributed by atoms with E-state index in [0.29, 0.717) is 11.5 Å². The Morgan fingerprint density at radius 3 is 2.45 bits per heavy atom. The molecule has 0 bridgehead atoms. The number of hydrogen-bond donors (Lipinski definition) is 0. The lowest BCUT2D eigenvalue weighted by molar-refractivity contribution is -0.122. The molecule has 5 nitrogen and oxygen atoms in total. The number of benzene rings is 1. The Hall–Kier alpha value is -2.82. The maximum absolute atomic E-state index is 11.7. The van der Waals surface area contributed by atoms with Gasteiger partial charge in [-0.05, 0) is 12.1 Å². The highest BCUT2D eigenvalue weighted by Gasteiger charge is 2.33. The molecule has 1 aromatic carbocycles. The fourth-order valence-electron chi connectivity index (χ4n) is 1.86. The molecule has 2 heterocycles. The lowest BCUT2D eigenvalue weighted by Crippen LogP contribution is -2.23. The number of carbonyl (C=O) groups excluding carboxylic acids is 2. The van der Waals surface area contributed by atoms with Crippen LogP contribution >= 0.6 is 0 Å². The number of furan rings is 1. The smallest absolute Gasteiger partial charge is 0.422 e. The summed E-state index contributed by atoms with van der Waals surface area (Å²) in [4.78, 5) is 23.8. The largest absolute Gasteiger partial charge is 0.457 e. The maximum atomic E-state index is 11.7. The van der Waals surface area contributed by atoms with Crippen LogP contribution in [0, 0.1) is 0 Å². The molecule has 1 fully saturated rings. The Kier molecular flexibility index (Phi) is 2.87. The van der Waals surface area contributed by atoms with Crippen LogP contribution in [0.3, 0.4) is 0 Å². The predicted molar refractivity (Wildman–Crippen MR) is 71.4 cm³/mol. The highest BCUT2D eigenvalue weighted by molar-refractivity contribution is 6.09. The summed E-state index contributed by atoms with van der Waals surface area (Å²) in [7, 11) is 1.36. The van der Waals surface area contributed by atoms with Crippen molar-refractivity contribution in [2.24, 2.45) is 0 Å². The monoisotopic (exact) mass is 269 g/mol. The zero-order valence-electron chi connectivity index (χ0n) is 10.7. The van der Waals surface area contributed by atoms with Crippen molar-refractivity contribution in [3.63, 3.8) is 0 Å². The summed E-state index contributed by atoms with van der Waals surface area (Å²) in [6.07, 6.45) is 0.729. The molecule has 100 valence electrons. The molecular formula is C15H11NO4. The minimum Gasteiger partial charge on any atom is -0.457 e. The first-order chi connectivity index (χ1) is 9.65. The molecular weight excluding hydrogens is 258 g/mol. The fraction of sp³-hybridized carbons (Fsp3) is 0.0667. The van der Waals surface area contributed by atoms with E-state index in [1.807, 2.05) is 30.3 Å². The summed E-state index contributed by atoms with van der Waals surface area (Å²) < 4.78 is 10.5. The molecule has 0 spiro atoms. The van der Waals surface area contributed by atoms with E-state index in [-0.39, 0.29) is 5.76 Å². The van der Waals surface area contributed by atoms with Crippen LogP contribution in [0.4, 0.5) is 4.79 Å². The van der Waals surface area contributed by atoms with E-state index in [2.05, 4.69) is 0 Å². The van der Waals surface area contributed by atoms with Crippen LogP contribution in [-0.4, -0.2) is 23.9 Å². The number of imide groups is 1. The van der Waals surface area contributed by atoms with Crippen LogP contribution in [0.15, 0.2) is 52.6 Å². The van der Waals surface area contributed by atoms with Crippen LogP contribution in [-0.2, 0) is 9.53 Å². The van der Waals surface area contributed by atoms with Gasteiger partial charge >= 0.3 is 6.09 Å². The van der Waals surface area contributed by atoms with Gasteiger partial charge in [-0.1, -0.05) is 30.3 Å². The van der Waals surface area contributed by atoms with Gasteiger partial charge in [-0.3, -0.25) is 4.79 Å². The highest BCUT2D eigenvalue weighted by atomic mass is 16.6. The zero-order valence-corrected chi connectivity index (χ0v) is 10.7. The molecule has 2 amide bonds. The standard InChI is InChI=1S/C15H11NO4/c1-16-14(17)13(20-15(16)18)9-11-7-8-12(19-11)10-5-3-2-4-6-10/h2-9H,1H3/b13-9-. The fourth-order valence-corrected chi connectivity index (χ4v) is 1.86. The molecule has 0 aliphatic carbocycles. The Morgan fingerprint density at radius 2 is 1.80 bits per heavy atom. The number of hydrogen-bond acceptors (Lipinski definition) is 4. The number of likely N-dealkylation sites (N-methyl/N-ethyl adjacent to an activating group) is 1. The van der Waals surface area contributed by atoms with Gasteiger partial charge in [0.1, 0.15) is 11.5 Å². The molecule has 2 aromatic rings. The Labute approximate surface area is 115 Å². The van der Waals surface area contributed by atoms with Crippen molar-refractivity contribution in [3.8, 4) is 11.3 Å². The molecule has 1 aliphatic rings. The molecule has 0 atom stereocenters. The van der Waals surface area contributed by atoms with E-state index in [0.717, 1.165) is 10.5 Å². The average Bonchev–Trinajstić information content (AvgIpc) is 3.02. The third kappa shape index (κ3) is 2.09. The predicted octanol–water partition coefficient (Wildman–Crippen LogP) is 2.90. The SMILES string of the molecule is CN1C(=O)O/C(=C\c2ccc(-c3ccccc3)o2)C1=O. The van der Waals surface area contributed by atoms with Gasteiger partial charge < -0.3 is 9.15 Å². The van der Waals surface area contributed by atoms with Crippen LogP contribution in [0.2, 0.25) is 0 Å². The van der Waals surface area contributed by atoms with Crippen molar-refractivity contribution in [1.82, 2.24) is 4.90 Å². The van der Waals surface area contributed by atoms with Crippen molar-refractivity contribution in [3.05, 3.63) is 54.0 Å². The Bertz CT molecular complexity index is 700. The second kappa shape index (κ2) is 4.70. The molecule has 0 radical (unpaired) electrons. The van der Waals surface area contributed by atoms with E-state index < -0.39 is 12.0 Å². The van der Waals surface area contributed by atoms with E-state index in [1.54, 1.807) is 12.1 Å². The number of nitrogens with zero attached hydrogens (tertiary/aromatic N) is 1. The summed E-state index contributed by atoms with van der Waals surface area (Å²) in [6, 6.07) is 13.1. The maximum Gasteiger partial charge on any atom is 0.422 e. The van der Waals surface area contributed by atoms with E-state index in [1.165, 1.54) is 13.1 Å². The van der Waals surface area contributed by atoms with Crippen LogP contribution in [0.25, 0.3) is 17.4 Å². The van der Waals surface area contributed by atoms with Gasteiger partial charge in [0.2, 0.25) is 5.76 Å². The Balaban J connectivity index is 1.89. The summed E-state index contributed by atoms with van der Waals surface area (Å²) in [5, 5.41) is 0. The van der Waals surface area contributed by atoms with Gasteiger partial charge in [-0.2, -0.15) is 0 Å². The molecule has 20 heavy (non-hydrogen) atoms. The lowest BCUT2D eigenvalue weighted by atomic mass is 10.2. The van der Waals surface area contributed by atoms with Crippen molar-refractivity contribution in [1.29, 1.82) is 0 Å². The minimum atomic E-state index is -0.684. The topological polar surface area (TPSA) is 59.8 Å². The van der Waals surface area contributed by atoms with E-state index in [4.69, 9.17) is 9.15 Å². The molecule has 1 saturated heterocycles. The first-order valence-electron chi connectivity index (χ1n) is 6.02. The van der Waals surface area contributed by atoms with Crippen molar-refractivity contribution >= 4 is 18.1 Å². The zero-order chi connectivity index (χ0) is 14.1. The lowest BCUT2D eigenvalue weighted by Gasteiger charge is -1.96. The van der Waals surface area contributed by atoms with Gasteiger partial charge in [0.05, 0.1) is 0 Å². The van der Waals surface area contributed by atoms with Crippen molar-refractivity contribution < 1.29 is 18.7 Å². The van der Waals surface area contributed by atoms with Crippen molar-refractivity contribution in [2.75, 3.05) is 7.05 Å². The molecule has 5 heteroatoms. The molecule has 1 aliphatic heterocycles. The summed E-state index contributed by atoms with van der Waals surface area (Å²) in [6.45, 7) is 0. The highest BCUT2D eigenvalue weighted by Crippen LogP contribution is 2.24.